The van der Waals surface area contributed by atoms with Crippen LogP contribution in [0, 0.1) is 5.92 Å². The maximum absolute atomic E-state index is 13.2. The molecule has 11 heteroatoms. The fourth-order valence-corrected chi connectivity index (χ4v) is 7.18. The highest BCUT2D eigenvalue weighted by Gasteiger charge is 2.41. The summed E-state index contributed by atoms with van der Waals surface area (Å²) in [5.74, 6) is -0.240. The number of nitrogens with one attached hydrogen (secondary N) is 1. The quantitative estimate of drug-likeness (QED) is 0.533. The first-order chi connectivity index (χ1) is 20.5. The van der Waals surface area contributed by atoms with Crippen LogP contribution < -0.4 is 5.32 Å². The number of amides is 5. The van der Waals surface area contributed by atoms with Crippen LogP contribution in [0.15, 0.2) is 18.2 Å². The van der Waals surface area contributed by atoms with Gasteiger partial charge in [0.1, 0.15) is 11.6 Å². The van der Waals surface area contributed by atoms with Crippen molar-refractivity contribution in [3.8, 4) is 0 Å². The highest BCUT2D eigenvalue weighted by atomic mass is 16.6. The lowest BCUT2D eigenvalue weighted by Gasteiger charge is -2.49. The Kier molecular flexibility index (Phi) is 7.95. The normalized spacial score (nSPS) is 24.6. The predicted octanol–water partition coefficient (Wildman–Crippen LogP) is 2.48. The van der Waals surface area contributed by atoms with E-state index in [1.807, 2.05) is 37.8 Å². The van der Waals surface area contributed by atoms with Gasteiger partial charge in [-0.2, -0.15) is 0 Å². The monoisotopic (exact) mass is 593 g/mol. The zero-order chi connectivity index (χ0) is 30.5. The van der Waals surface area contributed by atoms with Crippen LogP contribution in [0.25, 0.3) is 0 Å². The van der Waals surface area contributed by atoms with E-state index in [2.05, 4.69) is 16.3 Å². The van der Waals surface area contributed by atoms with E-state index in [4.69, 9.17) is 4.74 Å². The van der Waals surface area contributed by atoms with Crippen molar-refractivity contribution in [3.05, 3.63) is 34.9 Å². The Morgan fingerprint density at radius 1 is 0.907 bits per heavy atom. The van der Waals surface area contributed by atoms with Crippen molar-refractivity contribution in [2.45, 2.75) is 89.4 Å². The van der Waals surface area contributed by atoms with Gasteiger partial charge in [-0.1, -0.05) is 12.1 Å². The van der Waals surface area contributed by atoms with Crippen molar-refractivity contribution in [2.24, 2.45) is 5.92 Å². The van der Waals surface area contributed by atoms with Crippen molar-refractivity contribution >= 4 is 29.7 Å². The van der Waals surface area contributed by atoms with Gasteiger partial charge in [0.25, 0.3) is 5.91 Å². The summed E-state index contributed by atoms with van der Waals surface area (Å²) in [6.45, 7) is 10.5. The molecule has 4 fully saturated rings. The lowest BCUT2D eigenvalue weighted by atomic mass is 9.86. The molecule has 0 bridgehead atoms. The summed E-state index contributed by atoms with van der Waals surface area (Å²) in [6, 6.07) is 5.95. The molecule has 5 aliphatic rings. The maximum Gasteiger partial charge on any atom is 0.410 e. The number of carbonyl (C=O) groups is 5. The molecule has 5 amide bonds. The fourth-order valence-electron chi connectivity index (χ4n) is 7.18. The summed E-state index contributed by atoms with van der Waals surface area (Å²) in [5.41, 5.74) is 2.26. The van der Waals surface area contributed by atoms with Crippen LogP contribution in [0.4, 0.5) is 4.79 Å². The molecule has 0 aliphatic carbocycles. The number of ether oxygens (including phenoxy) is 1. The van der Waals surface area contributed by atoms with Crippen molar-refractivity contribution in [2.75, 3.05) is 39.3 Å². The highest BCUT2D eigenvalue weighted by molar-refractivity contribution is 6.05. The second-order valence-electron chi connectivity index (χ2n) is 13.8. The van der Waals surface area contributed by atoms with Crippen LogP contribution in [-0.4, -0.2) is 106 Å². The average Bonchev–Trinajstić information content (AvgIpc) is 3.27. The van der Waals surface area contributed by atoms with E-state index < -0.39 is 11.6 Å². The largest absolute Gasteiger partial charge is 0.444 e. The molecule has 0 aromatic heterocycles. The molecule has 4 saturated heterocycles. The van der Waals surface area contributed by atoms with Gasteiger partial charge in [0, 0.05) is 56.7 Å². The van der Waals surface area contributed by atoms with Gasteiger partial charge in [0.2, 0.25) is 17.7 Å². The molecule has 1 atom stereocenters. The van der Waals surface area contributed by atoms with Gasteiger partial charge < -0.3 is 19.4 Å². The van der Waals surface area contributed by atoms with Crippen molar-refractivity contribution in [1.29, 1.82) is 0 Å². The van der Waals surface area contributed by atoms with Gasteiger partial charge in [-0.3, -0.25) is 29.4 Å². The van der Waals surface area contributed by atoms with Crippen molar-refractivity contribution in [1.82, 2.24) is 24.9 Å². The molecule has 11 nitrogen and oxygen atoms in total. The standard InChI is InChI=1S/C32H43N5O6/c1-32(2,3)43-31(42)35-14-10-21(11-15-35)29(40)36-18-24(19-36)34-12-8-20(9-13-34)22-4-5-23-17-37(30(41)25(23)16-22)26-6-7-27(38)33-28(26)39/h4-5,16,20-21,24,26H,6-15,17-19H2,1-3H3,(H,33,38,39). The third-order valence-electron chi connectivity index (χ3n) is 9.74. The first kappa shape index (κ1) is 29.6. The molecular weight excluding hydrogens is 550 g/mol. The highest BCUT2D eigenvalue weighted by Crippen LogP contribution is 2.35. The summed E-state index contributed by atoms with van der Waals surface area (Å²) >= 11 is 0. The van der Waals surface area contributed by atoms with Gasteiger partial charge in [-0.15, -0.1) is 0 Å². The Morgan fingerprint density at radius 2 is 1.60 bits per heavy atom. The smallest absolute Gasteiger partial charge is 0.410 e. The van der Waals surface area contributed by atoms with Gasteiger partial charge >= 0.3 is 6.09 Å². The van der Waals surface area contributed by atoms with Crippen LogP contribution in [0.1, 0.15) is 86.7 Å². The Hall–Kier alpha value is -3.47. The lowest BCUT2D eigenvalue weighted by Crippen LogP contribution is -2.63. The average molecular weight is 594 g/mol. The number of fused-ring (bicyclic) bond motifs is 1. The Bertz CT molecular complexity index is 1300. The summed E-state index contributed by atoms with van der Waals surface area (Å²) in [4.78, 5) is 70.4. The van der Waals surface area contributed by atoms with E-state index in [-0.39, 0.29) is 42.1 Å². The first-order valence-corrected chi connectivity index (χ1v) is 15.7. The number of piperidine rings is 3. The summed E-state index contributed by atoms with van der Waals surface area (Å²) in [7, 11) is 0. The minimum Gasteiger partial charge on any atom is -0.444 e. The lowest BCUT2D eigenvalue weighted by molar-refractivity contribution is -0.145. The molecule has 1 aromatic carbocycles. The third kappa shape index (κ3) is 6.14. The molecule has 5 heterocycles. The van der Waals surface area contributed by atoms with E-state index in [9.17, 15) is 24.0 Å². The summed E-state index contributed by atoms with van der Waals surface area (Å²) in [6.07, 6.45) is 3.68. The van der Waals surface area contributed by atoms with Crippen molar-refractivity contribution < 1.29 is 28.7 Å². The number of nitrogens with zero attached hydrogens (tertiary/aromatic N) is 4. The van der Waals surface area contributed by atoms with Gasteiger partial charge in [0.15, 0.2) is 0 Å². The SMILES string of the molecule is CC(C)(C)OC(=O)N1CCC(C(=O)N2CC(N3CCC(c4ccc5c(c4)C(=O)N(C4CCC(=O)NC4=O)C5)CC3)C2)CC1. The van der Waals surface area contributed by atoms with Crippen molar-refractivity contribution in [3.63, 3.8) is 0 Å². The first-order valence-electron chi connectivity index (χ1n) is 15.7. The fraction of sp³-hybridized carbons (Fsp3) is 0.656. The number of hydrogen-bond donors (Lipinski definition) is 1. The van der Waals surface area contributed by atoms with Crippen LogP contribution >= 0.6 is 0 Å². The zero-order valence-corrected chi connectivity index (χ0v) is 25.5. The van der Waals surface area contributed by atoms with Crippen LogP contribution in [-0.2, 0) is 25.7 Å². The topological polar surface area (TPSA) is 120 Å². The Morgan fingerprint density at radius 3 is 2.26 bits per heavy atom. The molecule has 5 aliphatic heterocycles. The molecule has 0 radical (unpaired) electrons. The molecule has 0 spiro atoms. The number of imide groups is 1. The molecule has 1 unspecified atom stereocenters. The summed E-state index contributed by atoms with van der Waals surface area (Å²) < 4.78 is 5.47. The molecule has 43 heavy (non-hydrogen) atoms. The molecule has 6 rings (SSSR count). The number of rotatable bonds is 4. The number of benzene rings is 1. The van der Waals surface area contributed by atoms with E-state index in [1.165, 1.54) is 5.56 Å². The van der Waals surface area contributed by atoms with Gasteiger partial charge in [-0.05, 0) is 89.1 Å². The molecular formula is C32H43N5O6. The minimum atomic E-state index is -0.594. The van der Waals surface area contributed by atoms with Crippen LogP contribution in [0.2, 0.25) is 0 Å². The predicted molar refractivity (Wildman–Crippen MR) is 157 cm³/mol. The van der Waals surface area contributed by atoms with E-state index in [1.54, 1.807) is 9.80 Å². The zero-order valence-electron chi connectivity index (χ0n) is 25.5. The van der Waals surface area contributed by atoms with Crippen LogP contribution in [0.3, 0.4) is 0 Å². The summed E-state index contributed by atoms with van der Waals surface area (Å²) in [5, 5.41) is 2.36. The van der Waals surface area contributed by atoms with Gasteiger partial charge in [-0.25, -0.2) is 4.79 Å². The molecule has 232 valence electrons. The minimum absolute atomic E-state index is 0.0289. The van der Waals surface area contributed by atoms with Crippen LogP contribution in [0.5, 0.6) is 0 Å². The Balaban J connectivity index is 0.953. The van der Waals surface area contributed by atoms with E-state index in [0.29, 0.717) is 56.4 Å². The second kappa shape index (κ2) is 11.6. The maximum atomic E-state index is 13.2. The molecule has 1 N–H and O–H groups in total. The number of hydrogen-bond acceptors (Lipinski definition) is 7. The molecule has 1 aromatic rings. The van der Waals surface area contributed by atoms with E-state index in [0.717, 1.165) is 44.6 Å². The third-order valence-corrected chi connectivity index (χ3v) is 9.74. The molecule has 0 saturated carbocycles. The number of likely N-dealkylation sites (tertiary alicyclic amines) is 3. The number of carbonyl (C=O) groups excluding carboxylic acids is 5. The van der Waals surface area contributed by atoms with E-state index >= 15 is 0 Å². The Labute approximate surface area is 252 Å². The second-order valence-corrected chi connectivity index (χ2v) is 13.8. The van der Waals surface area contributed by atoms with Gasteiger partial charge in [0.05, 0.1) is 0 Å².